The van der Waals surface area contributed by atoms with Crippen LogP contribution >= 0.6 is 0 Å². The molecule has 0 amide bonds. The predicted octanol–water partition coefficient (Wildman–Crippen LogP) is 4.12. The van der Waals surface area contributed by atoms with Gasteiger partial charge in [0.05, 0.1) is 8.80 Å². The molecule has 2 nitrogen and oxygen atoms in total. The minimum atomic E-state index is -0.535. The van der Waals surface area contributed by atoms with Crippen LogP contribution in [0.4, 0.5) is 0 Å². The molecule has 1 rings (SSSR count). The molecule has 18 heavy (non-hydrogen) atoms. The second-order valence-electron chi connectivity index (χ2n) is 7.39. The van der Waals surface area contributed by atoms with Crippen LogP contribution in [0, 0.1) is 6.67 Å². The topological polar surface area (TPSA) is 6.48 Å². The molecule has 0 aromatic carbocycles. The predicted molar refractivity (Wildman–Crippen MR) is 81.3 cm³/mol. The first kappa shape index (κ1) is 15.6. The van der Waals surface area contributed by atoms with Crippen molar-refractivity contribution in [2.45, 2.75) is 65.5 Å². The zero-order valence-corrected chi connectivity index (χ0v) is 14.6. The van der Waals surface area contributed by atoms with Gasteiger partial charge in [0.2, 0.25) is 6.67 Å². The molecule has 3 radical (unpaired) electrons. The average Bonchev–Trinajstić information content (AvgIpc) is 2.39. The van der Waals surface area contributed by atoms with Crippen molar-refractivity contribution in [1.29, 1.82) is 0 Å². The minimum absolute atomic E-state index is 0.403. The van der Waals surface area contributed by atoms with Crippen LogP contribution in [0.15, 0.2) is 11.4 Å². The van der Waals surface area contributed by atoms with Crippen LogP contribution in [-0.2, 0) is 0 Å². The van der Waals surface area contributed by atoms with Crippen molar-refractivity contribution in [2.24, 2.45) is 0 Å². The molecule has 0 saturated carbocycles. The summed E-state index contributed by atoms with van der Waals surface area (Å²) in [7, 11) is 1.55. The fourth-order valence-corrected chi connectivity index (χ4v) is 6.50. The third kappa shape index (κ3) is 3.31. The maximum Gasteiger partial charge on any atom is 0.207 e. The third-order valence-corrected chi connectivity index (χ3v) is 8.08. The summed E-state index contributed by atoms with van der Waals surface area (Å²) in [6.07, 6.45) is 1.14. The zero-order valence-electron chi connectivity index (χ0n) is 13.6. The number of rotatable bonds is 2. The molecule has 0 fully saturated rings. The molecule has 0 aromatic heterocycles. The Bertz CT molecular complexity index is 319. The first-order valence-corrected chi connectivity index (χ1v) is 8.47. The minimum Gasteiger partial charge on any atom is -0.347 e. The smallest absolute Gasteiger partial charge is 0.207 e. The Balaban J connectivity index is 2.88. The van der Waals surface area contributed by atoms with Gasteiger partial charge in [-0.1, -0.05) is 41.5 Å². The average molecular weight is 265 g/mol. The molecule has 1 aliphatic rings. The molecular formula is C15H29N2Si. The molecule has 0 aromatic rings. The van der Waals surface area contributed by atoms with Crippen molar-refractivity contribution in [1.82, 2.24) is 9.80 Å². The monoisotopic (exact) mass is 265 g/mol. The molecule has 0 bridgehead atoms. The van der Waals surface area contributed by atoms with Gasteiger partial charge in [-0.15, -0.1) is 0 Å². The van der Waals surface area contributed by atoms with Gasteiger partial charge in [0, 0.05) is 24.6 Å². The van der Waals surface area contributed by atoms with Gasteiger partial charge in [-0.3, -0.25) is 0 Å². The van der Waals surface area contributed by atoms with Crippen LogP contribution in [0.1, 0.15) is 55.4 Å². The van der Waals surface area contributed by atoms with Gasteiger partial charge in [-0.25, -0.2) is 0 Å². The second-order valence-corrected chi connectivity index (χ2v) is 11.7. The maximum atomic E-state index is 3.45. The Labute approximate surface area is 116 Å². The Morgan fingerprint density at radius 1 is 0.944 bits per heavy atom. The Morgan fingerprint density at radius 2 is 1.39 bits per heavy atom. The summed E-state index contributed by atoms with van der Waals surface area (Å²) in [5, 5.41) is 0.805. The highest BCUT2D eigenvalue weighted by molar-refractivity contribution is 6.65. The van der Waals surface area contributed by atoms with Crippen molar-refractivity contribution in [2.75, 3.05) is 13.2 Å². The molecular weight excluding hydrogens is 236 g/mol. The standard InChI is InChI=1S/C15H29N2Si/c1-12-13(2)17(10-16(12)9)11-18(14(3,4)5)15(6,7)8/h11H2,1-9H3. The molecule has 0 unspecified atom stereocenters. The SMILES string of the molecule is CC1=C(C)N(C[Si](C(C)(C)C)C(C)(C)C)[C]N1C. The lowest BCUT2D eigenvalue weighted by Gasteiger charge is -2.41. The molecule has 1 heterocycles. The van der Waals surface area contributed by atoms with Gasteiger partial charge in [0.1, 0.15) is 0 Å². The van der Waals surface area contributed by atoms with Gasteiger partial charge in [0.25, 0.3) is 0 Å². The molecule has 0 N–H and O–H groups in total. The summed E-state index contributed by atoms with van der Waals surface area (Å²) in [4.78, 5) is 4.44. The van der Waals surface area contributed by atoms with Gasteiger partial charge >= 0.3 is 0 Å². The van der Waals surface area contributed by atoms with Crippen LogP contribution in [0.25, 0.3) is 0 Å². The van der Waals surface area contributed by atoms with E-state index in [-0.39, 0.29) is 0 Å². The zero-order chi connectivity index (χ0) is 14.3. The Kier molecular flexibility index (Phi) is 4.26. The molecule has 1 aliphatic heterocycles. The van der Waals surface area contributed by atoms with Crippen molar-refractivity contribution >= 4 is 8.80 Å². The first-order chi connectivity index (χ1) is 7.94. The largest absolute Gasteiger partial charge is 0.347 e. The fraction of sp³-hybridized carbons (Fsp3) is 0.800. The van der Waals surface area contributed by atoms with Crippen molar-refractivity contribution in [3.63, 3.8) is 0 Å². The van der Waals surface area contributed by atoms with Gasteiger partial charge < -0.3 is 9.80 Å². The quantitative estimate of drug-likeness (QED) is 0.693. The van der Waals surface area contributed by atoms with Gasteiger partial charge in [0.15, 0.2) is 0 Å². The lowest BCUT2D eigenvalue weighted by Crippen LogP contribution is -2.44. The summed E-state index contributed by atoms with van der Waals surface area (Å²) in [5.74, 6) is 0. The third-order valence-electron chi connectivity index (χ3n) is 3.83. The van der Waals surface area contributed by atoms with Crippen molar-refractivity contribution in [3.05, 3.63) is 18.1 Å². The Morgan fingerprint density at radius 3 is 1.67 bits per heavy atom. The number of hydrogen-bond donors (Lipinski definition) is 0. The molecule has 0 spiro atoms. The lowest BCUT2D eigenvalue weighted by molar-refractivity contribution is 0.386. The van der Waals surface area contributed by atoms with E-state index in [0.29, 0.717) is 10.1 Å². The van der Waals surface area contributed by atoms with E-state index in [1.807, 2.05) is 0 Å². The maximum absolute atomic E-state index is 3.45. The van der Waals surface area contributed by atoms with Crippen LogP contribution in [0.5, 0.6) is 0 Å². The van der Waals surface area contributed by atoms with Gasteiger partial charge in [-0.05, 0) is 23.9 Å². The summed E-state index contributed by atoms with van der Waals surface area (Å²) >= 11 is 0. The fourth-order valence-electron chi connectivity index (χ4n) is 2.68. The van der Waals surface area contributed by atoms with Crippen molar-refractivity contribution < 1.29 is 0 Å². The van der Waals surface area contributed by atoms with E-state index in [0.717, 1.165) is 6.17 Å². The number of hydrogen-bond acceptors (Lipinski definition) is 2. The highest BCUT2D eigenvalue weighted by Gasteiger charge is 2.39. The molecule has 0 atom stereocenters. The van der Waals surface area contributed by atoms with Gasteiger partial charge in [-0.2, -0.15) is 0 Å². The highest BCUT2D eigenvalue weighted by Crippen LogP contribution is 2.43. The molecule has 0 saturated heterocycles. The van der Waals surface area contributed by atoms with E-state index < -0.39 is 8.80 Å². The van der Waals surface area contributed by atoms with E-state index in [1.165, 1.54) is 11.4 Å². The van der Waals surface area contributed by atoms with Crippen LogP contribution < -0.4 is 0 Å². The van der Waals surface area contributed by atoms with Crippen LogP contribution in [0.3, 0.4) is 0 Å². The number of nitrogens with zero attached hydrogens (tertiary/aromatic N) is 2. The van der Waals surface area contributed by atoms with E-state index in [2.05, 4.69) is 78.9 Å². The first-order valence-electron chi connectivity index (χ1n) is 6.76. The van der Waals surface area contributed by atoms with E-state index in [9.17, 15) is 0 Å². The summed E-state index contributed by atoms with van der Waals surface area (Å²) in [5.41, 5.74) is 2.67. The number of allylic oxidation sites excluding steroid dienone is 2. The van der Waals surface area contributed by atoms with Crippen molar-refractivity contribution in [3.8, 4) is 0 Å². The molecule has 0 aliphatic carbocycles. The summed E-state index contributed by atoms with van der Waals surface area (Å²) in [6, 6.07) is 0. The van der Waals surface area contributed by atoms with E-state index >= 15 is 0 Å². The molecule has 3 heteroatoms. The van der Waals surface area contributed by atoms with Crippen LogP contribution in [-0.4, -0.2) is 31.8 Å². The summed E-state index contributed by atoms with van der Waals surface area (Å²) in [6.45, 7) is 22.1. The van der Waals surface area contributed by atoms with E-state index in [4.69, 9.17) is 0 Å². The summed E-state index contributed by atoms with van der Waals surface area (Å²) < 4.78 is 0. The Hall–Kier alpha value is -0.443. The van der Waals surface area contributed by atoms with Crippen LogP contribution in [0.2, 0.25) is 10.1 Å². The lowest BCUT2D eigenvalue weighted by atomic mass is 10.2. The normalized spacial score (nSPS) is 18.3. The second kappa shape index (κ2) is 4.91. The van der Waals surface area contributed by atoms with E-state index in [1.54, 1.807) is 0 Å². The molecule has 103 valence electrons. The highest BCUT2D eigenvalue weighted by atomic mass is 28.3.